The normalized spacial score (nSPS) is 10.8. The van der Waals surface area contributed by atoms with Crippen LogP contribution < -0.4 is 19.5 Å². The second-order valence-electron chi connectivity index (χ2n) is 7.24. The minimum absolute atomic E-state index is 0.270. The summed E-state index contributed by atoms with van der Waals surface area (Å²) < 4.78 is 17.0. The van der Waals surface area contributed by atoms with Crippen LogP contribution in [0, 0.1) is 0 Å². The molecular weight excluding hydrogens is 420 g/mol. The number of fused-ring (bicyclic) bond motifs is 2. The van der Waals surface area contributed by atoms with Gasteiger partial charge in [-0.15, -0.1) is 0 Å². The highest BCUT2D eigenvalue weighted by molar-refractivity contribution is 6.05. The molecular formula is C25H20N4O4. The fraction of sp³-hybridized carbons (Fsp3) is 0.0800. The van der Waals surface area contributed by atoms with Gasteiger partial charge < -0.3 is 24.5 Å². The van der Waals surface area contributed by atoms with Gasteiger partial charge in [-0.2, -0.15) is 0 Å². The zero-order chi connectivity index (χ0) is 22.8. The minimum atomic E-state index is -0.270. The van der Waals surface area contributed by atoms with E-state index in [4.69, 9.17) is 14.2 Å². The molecule has 0 saturated heterocycles. The van der Waals surface area contributed by atoms with Crippen LogP contribution in [-0.4, -0.2) is 35.1 Å². The number of pyridine rings is 2. The van der Waals surface area contributed by atoms with Crippen molar-refractivity contribution in [2.45, 2.75) is 0 Å². The first-order valence-corrected chi connectivity index (χ1v) is 10.2. The molecule has 8 nitrogen and oxygen atoms in total. The van der Waals surface area contributed by atoms with Crippen molar-refractivity contribution in [1.29, 1.82) is 0 Å². The molecule has 3 heterocycles. The molecule has 2 N–H and O–H groups in total. The van der Waals surface area contributed by atoms with Crippen LogP contribution in [0.4, 0.5) is 5.82 Å². The average Bonchev–Trinajstić information content (AvgIpc) is 3.28. The molecule has 0 saturated carbocycles. The Bertz CT molecular complexity index is 1460. The first-order valence-electron chi connectivity index (χ1n) is 10.2. The van der Waals surface area contributed by atoms with Crippen LogP contribution in [0.1, 0.15) is 10.5 Å². The number of benzene rings is 2. The third kappa shape index (κ3) is 4.01. The van der Waals surface area contributed by atoms with Crippen LogP contribution in [-0.2, 0) is 0 Å². The third-order valence-corrected chi connectivity index (χ3v) is 5.18. The van der Waals surface area contributed by atoms with Gasteiger partial charge in [-0.05, 0) is 48.5 Å². The summed E-state index contributed by atoms with van der Waals surface area (Å²) >= 11 is 0. The molecule has 0 unspecified atom stereocenters. The number of carbonyl (C=O) groups excluding carboxylic acids is 1. The summed E-state index contributed by atoms with van der Waals surface area (Å²) in [6.45, 7) is 0. The summed E-state index contributed by atoms with van der Waals surface area (Å²) in [5.41, 5.74) is 1.97. The molecule has 1 amide bonds. The third-order valence-electron chi connectivity index (χ3n) is 5.18. The molecule has 0 atom stereocenters. The Morgan fingerprint density at radius 2 is 1.73 bits per heavy atom. The van der Waals surface area contributed by atoms with E-state index >= 15 is 0 Å². The van der Waals surface area contributed by atoms with Crippen LogP contribution in [0.5, 0.6) is 23.0 Å². The molecule has 3 aromatic heterocycles. The highest BCUT2D eigenvalue weighted by atomic mass is 16.5. The molecule has 0 radical (unpaired) electrons. The van der Waals surface area contributed by atoms with Gasteiger partial charge in [0, 0.05) is 34.7 Å². The average molecular weight is 440 g/mol. The van der Waals surface area contributed by atoms with Crippen molar-refractivity contribution in [3.05, 3.63) is 78.8 Å². The molecule has 0 aliphatic carbocycles. The van der Waals surface area contributed by atoms with Crippen LogP contribution in [0.3, 0.4) is 0 Å². The van der Waals surface area contributed by atoms with Crippen LogP contribution >= 0.6 is 0 Å². The van der Waals surface area contributed by atoms with Gasteiger partial charge in [0.15, 0.2) is 11.5 Å². The van der Waals surface area contributed by atoms with E-state index < -0.39 is 0 Å². The Labute approximate surface area is 189 Å². The Morgan fingerprint density at radius 1 is 0.879 bits per heavy atom. The number of nitrogens with one attached hydrogen (secondary N) is 2. The van der Waals surface area contributed by atoms with Gasteiger partial charge in [-0.25, -0.2) is 4.98 Å². The molecule has 0 aliphatic heterocycles. The molecule has 0 bridgehead atoms. The Kier molecular flexibility index (Phi) is 5.24. The van der Waals surface area contributed by atoms with Crippen LogP contribution in [0.15, 0.2) is 73.1 Å². The zero-order valence-electron chi connectivity index (χ0n) is 18.0. The number of methoxy groups -OCH3 is 2. The summed E-state index contributed by atoms with van der Waals surface area (Å²) in [7, 11) is 3.17. The zero-order valence-corrected chi connectivity index (χ0v) is 18.0. The first kappa shape index (κ1) is 20.3. The van der Waals surface area contributed by atoms with E-state index in [-0.39, 0.29) is 5.91 Å². The van der Waals surface area contributed by atoms with E-state index in [0.717, 1.165) is 21.8 Å². The van der Waals surface area contributed by atoms with Gasteiger partial charge in [0.2, 0.25) is 0 Å². The van der Waals surface area contributed by atoms with Crippen molar-refractivity contribution >= 4 is 33.5 Å². The fourth-order valence-electron chi connectivity index (χ4n) is 3.58. The van der Waals surface area contributed by atoms with Crippen molar-refractivity contribution in [2.75, 3.05) is 19.5 Å². The topological polar surface area (TPSA) is 98.4 Å². The number of anilines is 1. The largest absolute Gasteiger partial charge is 0.493 e. The summed E-state index contributed by atoms with van der Waals surface area (Å²) in [5.74, 6) is 2.66. The van der Waals surface area contributed by atoms with E-state index in [1.807, 2.05) is 36.4 Å². The van der Waals surface area contributed by atoms with Crippen molar-refractivity contribution in [1.82, 2.24) is 15.0 Å². The maximum absolute atomic E-state index is 12.6. The fourth-order valence-corrected chi connectivity index (χ4v) is 3.58. The lowest BCUT2D eigenvalue weighted by Crippen LogP contribution is -2.12. The van der Waals surface area contributed by atoms with Gasteiger partial charge in [0.1, 0.15) is 23.0 Å². The molecule has 0 spiro atoms. The Morgan fingerprint density at radius 3 is 2.52 bits per heavy atom. The molecule has 2 aromatic carbocycles. The molecule has 0 aliphatic rings. The summed E-state index contributed by atoms with van der Waals surface area (Å²) in [4.78, 5) is 24.2. The number of aromatic amines is 1. The van der Waals surface area contributed by atoms with Crippen molar-refractivity contribution in [3.63, 3.8) is 0 Å². The number of nitrogens with zero attached hydrogens (tertiary/aromatic N) is 2. The summed E-state index contributed by atoms with van der Waals surface area (Å²) in [5, 5.41) is 4.41. The summed E-state index contributed by atoms with van der Waals surface area (Å²) in [6.07, 6.45) is 3.30. The summed E-state index contributed by atoms with van der Waals surface area (Å²) in [6, 6.07) is 18.1. The number of aromatic nitrogens is 3. The number of rotatable bonds is 6. The van der Waals surface area contributed by atoms with E-state index in [0.29, 0.717) is 34.5 Å². The monoisotopic (exact) mass is 440 g/mol. The van der Waals surface area contributed by atoms with E-state index in [9.17, 15) is 4.79 Å². The lowest BCUT2D eigenvalue weighted by atomic mass is 10.1. The van der Waals surface area contributed by atoms with Crippen molar-refractivity contribution in [3.8, 4) is 23.0 Å². The molecule has 8 heteroatoms. The van der Waals surface area contributed by atoms with E-state index in [1.54, 1.807) is 50.9 Å². The molecule has 5 rings (SSSR count). The number of ether oxygens (including phenoxy) is 3. The highest BCUT2D eigenvalue weighted by Crippen LogP contribution is 2.37. The van der Waals surface area contributed by atoms with Gasteiger partial charge >= 0.3 is 0 Å². The van der Waals surface area contributed by atoms with E-state index in [1.165, 1.54) is 0 Å². The van der Waals surface area contributed by atoms with Crippen molar-refractivity contribution < 1.29 is 19.0 Å². The molecule has 164 valence electrons. The van der Waals surface area contributed by atoms with E-state index in [2.05, 4.69) is 20.3 Å². The minimum Gasteiger partial charge on any atom is -0.493 e. The molecule has 0 fully saturated rings. The molecule has 33 heavy (non-hydrogen) atoms. The SMILES string of the molecule is COc1cc2nccc(Oc3ccc4[nH]c(C(=O)Nc5ccccn5)cc4c3)c2cc1OC. The lowest BCUT2D eigenvalue weighted by molar-refractivity contribution is 0.102. The second-order valence-corrected chi connectivity index (χ2v) is 7.24. The first-order chi connectivity index (χ1) is 16.1. The maximum atomic E-state index is 12.6. The lowest BCUT2D eigenvalue weighted by Gasteiger charge is -2.12. The number of hydrogen-bond acceptors (Lipinski definition) is 6. The molecule has 5 aromatic rings. The number of hydrogen-bond donors (Lipinski definition) is 2. The number of amides is 1. The second kappa shape index (κ2) is 8.51. The maximum Gasteiger partial charge on any atom is 0.273 e. The number of H-pyrrole nitrogens is 1. The quantitative estimate of drug-likeness (QED) is 0.378. The van der Waals surface area contributed by atoms with Gasteiger partial charge in [-0.1, -0.05) is 6.07 Å². The standard InChI is InChI=1S/C25H20N4O4/c1-31-22-13-17-19(14-23(22)32-2)26-10-8-21(17)33-16-6-7-18-15(11-16)12-20(28-18)25(30)29-24-5-3-4-9-27-24/h3-14,28H,1-2H3,(H,27,29,30). The smallest absolute Gasteiger partial charge is 0.273 e. The Balaban J connectivity index is 1.44. The van der Waals surface area contributed by atoms with Crippen molar-refractivity contribution in [2.24, 2.45) is 0 Å². The van der Waals surface area contributed by atoms with Crippen LogP contribution in [0.25, 0.3) is 21.8 Å². The van der Waals surface area contributed by atoms with Gasteiger partial charge in [0.25, 0.3) is 5.91 Å². The Hall–Kier alpha value is -4.59. The predicted octanol–water partition coefficient (Wildman–Crippen LogP) is 5.17. The predicted molar refractivity (Wildman–Crippen MR) is 125 cm³/mol. The van der Waals surface area contributed by atoms with Gasteiger partial charge in [-0.3, -0.25) is 9.78 Å². The van der Waals surface area contributed by atoms with Gasteiger partial charge in [0.05, 0.1) is 19.7 Å². The highest BCUT2D eigenvalue weighted by Gasteiger charge is 2.13. The number of carbonyl (C=O) groups is 1. The van der Waals surface area contributed by atoms with Crippen LogP contribution in [0.2, 0.25) is 0 Å².